The Balaban J connectivity index is 1.48. The quantitative estimate of drug-likeness (QED) is 0.883. The lowest BCUT2D eigenvalue weighted by atomic mass is 10.0. The number of ether oxygens (including phenoxy) is 1. The van der Waals surface area contributed by atoms with Gasteiger partial charge in [-0.05, 0) is 60.9 Å². The third-order valence-corrected chi connectivity index (χ3v) is 5.81. The molecular weight excluding hydrogens is 339 g/mol. The van der Waals surface area contributed by atoms with Crippen LogP contribution in [0.2, 0.25) is 0 Å². The highest BCUT2D eigenvalue weighted by molar-refractivity contribution is 7.14. The van der Waals surface area contributed by atoms with Crippen LogP contribution in [0.5, 0.6) is 0 Å². The van der Waals surface area contributed by atoms with Crippen molar-refractivity contribution in [3.63, 3.8) is 0 Å². The number of amides is 1. The van der Waals surface area contributed by atoms with Gasteiger partial charge in [-0.1, -0.05) is 12.1 Å². The number of benzene rings is 1. The van der Waals surface area contributed by atoms with Crippen LogP contribution in [0, 0.1) is 5.82 Å². The summed E-state index contributed by atoms with van der Waals surface area (Å²) in [6.45, 7) is 0.301. The van der Waals surface area contributed by atoms with Gasteiger partial charge in [-0.25, -0.2) is 9.18 Å². The van der Waals surface area contributed by atoms with Gasteiger partial charge in [0.25, 0.3) is 0 Å². The summed E-state index contributed by atoms with van der Waals surface area (Å²) in [5.74, 6) is -0.299. The highest BCUT2D eigenvalue weighted by atomic mass is 32.1. The number of carbonyl (C=O) groups is 1. The molecule has 4 rings (SSSR count). The van der Waals surface area contributed by atoms with Crippen molar-refractivity contribution in [1.82, 2.24) is 5.32 Å². The summed E-state index contributed by atoms with van der Waals surface area (Å²) in [5, 5.41) is 6.29. The fourth-order valence-corrected chi connectivity index (χ4v) is 4.50. The zero-order chi connectivity index (χ0) is 17.2. The van der Waals surface area contributed by atoms with E-state index in [-0.39, 0.29) is 18.0 Å². The van der Waals surface area contributed by atoms with Gasteiger partial charge < -0.3 is 10.1 Å². The molecule has 1 amide bonds. The molecule has 1 unspecified atom stereocenters. The summed E-state index contributed by atoms with van der Waals surface area (Å²) in [7, 11) is 0. The average Bonchev–Trinajstić information content (AvgIpc) is 3.22. The van der Waals surface area contributed by atoms with Crippen LogP contribution >= 0.6 is 11.3 Å². The number of anilines is 1. The third-order valence-electron chi connectivity index (χ3n) is 4.92. The highest BCUT2D eigenvalue weighted by Crippen LogP contribution is 2.30. The SMILES string of the molecule is O=C(OC1C[C@H]2CC[C@@H](C1)N2)N(Cc1cccc(F)c1)c1cccs1. The van der Waals surface area contributed by atoms with Gasteiger partial charge in [0.1, 0.15) is 16.9 Å². The second-order valence-electron chi connectivity index (χ2n) is 6.78. The van der Waals surface area contributed by atoms with Gasteiger partial charge >= 0.3 is 6.09 Å². The molecule has 2 saturated heterocycles. The summed E-state index contributed by atoms with van der Waals surface area (Å²) >= 11 is 1.48. The minimum atomic E-state index is -0.349. The number of fused-ring (bicyclic) bond motifs is 2. The minimum Gasteiger partial charge on any atom is -0.446 e. The Hall–Kier alpha value is -1.92. The molecule has 0 spiro atoms. The predicted molar refractivity (Wildman–Crippen MR) is 96.4 cm³/mol. The second-order valence-corrected chi connectivity index (χ2v) is 7.71. The van der Waals surface area contributed by atoms with Crippen LogP contribution in [-0.4, -0.2) is 24.3 Å². The average molecular weight is 360 g/mol. The number of carbonyl (C=O) groups excluding carboxylic acids is 1. The van der Waals surface area contributed by atoms with Crippen molar-refractivity contribution in [2.24, 2.45) is 0 Å². The molecule has 1 N–H and O–H groups in total. The number of nitrogens with zero attached hydrogens (tertiary/aromatic N) is 1. The van der Waals surface area contributed by atoms with E-state index in [1.807, 2.05) is 23.6 Å². The molecule has 6 heteroatoms. The number of nitrogens with one attached hydrogen (secondary N) is 1. The summed E-state index contributed by atoms with van der Waals surface area (Å²) in [5.41, 5.74) is 0.746. The van der Waals surface area contributed by atoms with Gasteiger partial charge in [0.05, 0.1) is 6.54 Å². The molecule has 3 heterocycles. The van der Waals surface area contributed by atoms with Crippen molar-refractivity contribution in [1.29, 1.82) is 0 Å². The van der Waals surface area contributed by atoms with Gasteiger partial charge in [-0.15, -0.1) is 11.3 Å². The van der Waals surface area contributed by atoms with E-state index in [1.54, 1.807) is 11.0 Å². The van der Waals surface area contributed by atoms with Crippen molar-refractivity contribution < 1.29 is 13.9 Å². The molecule has 1 aromatic carbocycles. The maximum absolute atomic E-state index is 13.5. The summed E-state index contributed by atoms with van der Waals surface area (Å²) in [4.78, 5) is 14.4. The Morgan fingerprint density at radius 1 is 1.24 bits per heavy atom. The van der Waals surface area contributed by atoms with Gasteiger partial charge in [0, 0.05) is 12.1 Å². The molecule has 2 fully saturated rings. The van der Waals surface area contributed by atoms with Gasteiger partial charge in [-0.3, -0.25) is 4.90 Å². The number of hydrogen-bond acceptors (Lipinski definition) is 4. The smallest absolute Gasteiger partial charge is 0.415 e. The van der Waals surface area contributed by atoms with Crippen molar-refractivity contribution in [3.8, 4) is 0 Å². The molecule has 132 valence electrons. The Kier molecular flexibility index (Phi) is 4.72. The summed E-state index contributed by atoms with van der Waals surface area (Å²) < 4.78 is 19.3. The minimum absolute atomic E-state index is 0.0405. The lowest BCUT2D eigenvalue weighted by molar-refractivity contribution is 0.0720. The van der Waals surface area contributed by atoms with Crippen LogP contribution < -0.4 is 10.2 Å². The second kappa shape index (κ2) is 7.14. The molecule has 2 aromatic rings. The number of halogens is 1. The van der Waals surface area contributed by atoms with E-state index in [4.69, 9.17) is 4.74 Å². The summed E-state index contributed by atoms with van der Waals surface area (Å²) in [6.07, 6.45) is 3.69. The molecular formula is C19H21FN2O2S. The van der Waals surface area contributed by atoms with E-state index in [2.05, 4.69) is 5.32 Å². The molecule has 3 atom stereocenters. The monoisotopic (exact) mass is 360 g/mol. The number of rotatable bonds is 4. The first-order chi connectivity index (χ1) is 12.2. The van der Waals surface area contributed by atoms with Crippen LogP contribution in [0.15, 0.2) is 41.8 Å². The first kappa shape index (κ1) is 16.5. The van der Waals surface area contributed by atoms with Crippen molar-refractivity contribution in [2.75, 3.05) is 4.90 Å². The first-order valence-corrected chi connectivity index (χ1v) is 9.57. The van der Waals surface area contributed by atoms with Crippen molar-refractivity contribution in [3.05, 3.63) is 53.2 Å². The third kappa shape index (κ3) is 3.85. The van der Waals surface area contributed by atoms with Gasteiger partial charge in [0.2, 0.25) is 0 Å². The van der Waals surface area contributed by atoms with Gasteiger partial charge in [-0.2, -0.15) is 0 Å². The maximum atomic E-state index is 13.5. The fraction of sp³-hybridized carbons (Fsp3) is 0.421. The Bertz CT molecular complexity index is 725. The van der Waals surface area contributed by atoms with E-state index >= 15 is 0 Å². The van der Waals surface area contributed by atoms with Crippen LogP contribution in [0.3, 0.4) is 0 Å². The topological polar surface area (TPSA) is 41.6 Å². The first-order valence-electron chi connectivity index (χ1n) is 8.69. The largest absolute Gasteiger partial charge is 0.446 e. The lowest BCUT2D eigenvalue weighted by Gasteiger charge is -2.30. The van der Waals surface area contributed by atoms with E-state index in [9.17, 15) is 9.18 Å². The maximum Gasteiger partial charge on any atom is 0.415 e. The Labute approximate surface area is 150 Å². The predicted octanol–water partition coefficient (Wildman–Crippen LogP) is 4.31. The standard InChI is InChI=1S/C19H21FN2O2S/c20-14-4-1-3-13(9-14)12-22(18-5-2-8-25-18)19(23)24-17-10-15-6-7-16(11-17)21-15/h1-5,8-9,15-17,21H,6-7,10-12H2/t15-,16+,17?. The zero-order valence-corrected chi connectivity index (χ0v) is 14.7. The van der Waals surface area contributed by atoms with Gasteiger partial charge in [0.15, 0.2) is 0 Å². The van der Waals surface area contributed by atoms with E-state index in [0.29, 0.717) is 18.6 Å². The number of piperidine rings is 1. The molecule has 0 radical (unpaired) electrons. The molecule has 2 aliphatic rings. The number of thiophene rings is 1. The summed E-state index contributed by atoms with van der Waals surface area (Å²) in [6, 6.07) is 11.1. The van der Waals surface area contributed by atoms with Crippen LogP contribution in [0.1, 0.15) is 31.2 Å². The zero-order valence-electron chi connectivity index (χ0n) is 13.9. The molecule has 4 nitrogen and oxygen atoms in total. The molecule has 2 bridgehead atoms. The fourth-order valence-electron chi connectivity index (χ4n) is 3.78. The molecule has 25 heavy (non-hydrogen) atoms. The van der Waals surface area contributed by atoms with E-state index in [0.717, 1.165) is 36.2 Å². The molecule has 0 saturated carbocycles. The number of hydrogen-bond donors (Lipinski definition) is 1. The molecule has 0 aliphatic carbocycles. The molecule has 2 aliphatic heterocycles. The Morgan fingerprint density at radius 3 is 2.72 bits per heavy atom. The normalized spacial score (nSPS) is 24.9. The van der Waals surface area contributed by atoms with Crippen molar-refractivity contribution >= 4 is 22.4 Å². The lowest BCUT2D eigenvalue weighted by Crippen LogP contribution is -2.44. The Morgan fingerprint density at radius 2 is 2.04 bits per heavy atom. The van der Waals surface area contributed by atoms with Crippen LogP contribution in [0.4, 0.5) is 14.2 Å². The van der Waals surface area contributed by atoms with E-state index < -0.39 is 0 Å². The molecule has 1 aromatic heterocycles. The van der Waals surface area contributed by atoms with Crippen LogP contribution in [0.25, 0.3) is 0 Å². The van der Waals surface area contributed by atoms with Crippen LogP contribution in [-0.2, 0) is 11.3 Å². The van der Waals surface area contributed by atoms with E-state index in [1.165, 1.54) is 23.5 Å². The van der Waals surface area contributed by atoms with Crippen molar-refractivity contribution in [2.45, 2.75) is 50.4 Å². The highest BCUT2D eigenvalue weighted by Gasteiger charge is 2.36.